The first-order valence-electron chi connectivity index (χ1n) is 8.03. The molecule has 2 aromatic carbocycles. The van der Waals surface area contributed by atoms with Crippen LogP contribution in [0.2, 0.25) is 0 Å². The first kappa shape index (κ1) is 18.7. The topological polar surface area (TPSA) is 98.7 Å². The van der Waals surface area contributed by atoms with Gasteiger partial charge in [-0.3, -0.25) is 9.59 Å². The fourth-order valence-corrected chi connectivity index (χ4v) is 2.30. The van der Waals surface area contributed by atoms with Crippen molar-refractivity contribution in [3.05, 3.63) is 66.2 Å². The number of amides is 2. The van der Waals surface area contributed by atoms with Gasteiger partial charge in [0.05, 0.1) is 5.94 Å². The van der Waals surface area contributed by atoms with Crippen LogP contribution in [-0.4, -0.2) is 34.9 Å². The lowest BCUT2D eigenvalue weighted by Gasteiger charge is -2.20. The molecule has 6 nitrogen and oxygen atoms in total. The summed E-state index contributed by atoms with van der Waals surface area (Å²) in [6, 6.07) is 18.0. The van der Waals surface area contributed by atoms with Crippen molar-refractivity contribution in [2.75, 3.05) is 5.32 Å². The highest BCUT2D eigenvalue weighted by atomic mass is 16.4. The van der Waals surface area contributed by atoms with E-state index in [1.54, 1.807) is 24.3 Å². The van der Waals surface area contributed by atoms with Gasteiger partial charge in [-0.2, -0.15) is 0 Å². The zero-order chi connectivity index (χ0) is 18.2. The molecule has 2 aromatic rings. The summed E-state index contributed by atoms with van der Waals surface area (Å²) in [4.78, 5) is 24.5. The van der Waals surface area contributed by atoms with E-state index in [-0.39, 0.29) is 6.42 Å². The van der Waals surface area contributed by atoms with Gasteiger partial charge in [0, 0.05) is 5.69 Å². The minimum atomic E-state index is -1.73. The second-order valence-corrected chi connectivity index (χ2v) is 5.80. The van der Waals surface area contributed by atoms with Crippen molar-refractivity contribution in [3.63, 3.8) is 0 Å². The molecule has 2 unspecified atom stereocenters. The molecule has 25 heavy (non-hydrogen) atoms. The van der Waals surface area contributed by atoms with Gasteiger partial charge in [-0.25, -0.2) is 0 Å². The molecule has 130 valence electrons. The fraction of sp³-hybridized carbons (Fsp3) is 0.222. The lowest BCUT2D eigenvalue weighted by Crippen LogP contribution is -2.50. The van der Waals surface area contributed by atoms with Crippen LogP contribution in [-0.2, 0) is 16.0 Å². The molecule has 0 aromatic heterocycles. The van der Waals surface area contributed by atoms with Crippen LogP contribution in [0.5, 0.6) is 0 Å². The van der Waals surface area contributed by atoms with E-state index in [9.17, 15) is 19.6 Å². The molecule has 2 atom stereocenters. The predicted molar refractivity (Wildman–Crippen MR) is 96.5 cm³/mol. The minimum absolute atomic E-state index is 0.247. The molecular formula is C18H21BN2O4. The number of hydrogen-bond acceptors (Lipinski definition) is 4. The Morgan fingerprint density at radius 2 is 1.52 bits per heavy atom. The van der Waals surface area contributed by atoms with Gasteiger partial charge < -0.3 is 20.7 Å². The van der Waals surface area contributed by atoms with E-state index in [1.807, 2.05) is 36.4 Å². The summed E-state index contributed by atoms with van der Waals surface area (Å²) < 4.78 is 0. The van der Waals surface area contributed by atoms with Crippen LogP contribution in [0.4, 0.5) is 5.69 Å². The van der Waals surface area contributed by atoms with Crippen LogP contribution in [0.15, 0.2) is 60.7 Å². The predicted octanol–water partition coefficient (Wildman–Crippen LogP) is 1.00. The monoisotopic (exact) mass is 340 g/mol. The first-order valence-corrected chi connectivity index (χ1v) is 8.03. The van der Waals surface area contributed by atoms with Gasteiger partial charge in [-0.15, -0.1) is 0 Å². The standard InChI is InChI=1S/C18H21BN2O4/c1-13(17(22)20-15-10-6-3-7-11-15)18(23)21-16(19(24)25)12-14-8-4-2-5-9-14/h2-11,13,16,24-25H,12H2,1H3,(H,20,22)(H,21,23). The van der Waals surface area contributed by atoms with E-state index < -0.39 is 30.8 Å². The van der Waals surface area contributed by atoms with E-state index in [0.29, 0.717) is 5.69 Å². The Morgan fingerprint density at radius 1 is 0.960 bits per heavy atom. The molecule has 0 fully saturated rings. The van der Waals surface area contributed by atoms with Gasteiger partial charge in [0.15, 0.2) is 0 Å². The molecule has 0 heterocycles. The number of anilines is 1. The Morgan fingerprint density at radius 3 is 2.08 bits per heavy atom. The van der Waals surface area contributed by atoms with Gasteiger partial charge in [0.25, 0.3) is 0 Å². The Labute approximate surface area is 147 Å². The smallest absolute Gasteiger partial charge is 0.426 e. The van der Waals surface area contributed by atoms with Crippen molar-refractivity contribution in [3.8, 4) is 0 Å². The first-order chi connectivity index (χ1) is 12.0. The quantitative estimate of drug-likeness (QED) is 0.446. The molecule has 2 amide bonds. The van der Waals surface area contributed by atoms with Crippen molar-refractivity contribution in [2.24, 2.45) is 5.92 Å². The molecule has 0 aliphatic rings. The molecule has 0 radical (unpaired) electrons. The van der Waals surface area contributed by atoms with E-state index >= 15 is 0 Å². The fourth-order valence-electron chi connectivity index (χ4n) is 2.30. The number of carbonyl (C=O) groups is 2. The van der Waals surface area contributed by atoms with Crippen molar-refractivity contribution >= 4 is 24.6 Å². The van der Waals surface area contributed by atoms with Crippen molar-refractivity contribution in [1.29, 1.82) is 0 Å². The SMILES string of the molecule is CC(C(=O)Nc1ccccc1)C(=O)NC(Cc1ccccc1)B(O)O. The third-order valence-corrected chi connectivity index (χ3v) is 3.81. The van der Waals surface area contributed by atoms with Crippen LogP contribution in [0, 0.1) is 5.92 Å². The summed E-state index contributed by atoms with van der Waals surface area (Å²) in [7, 11) is -1.73. The molecular weight excluding hydrogens is 319 g/mol. The molecule has 2 rings (SSSR count). The van der Waals surface area contributed by atoms with Crippen molar-refractivity contribution in [1.82, 2.24) is 5.32 Å². The molecule has 0 bridgehead atoms. The Bertz CT molecular complexity index is 695. The largest absolute Gasteiger partial charge is 0.475 e. The number of benzene rings is 2. The normalized spacial score (nSPS) is 12.8. The van der Waals surface area contributed by atoms with E-state index in [0.717, 1.165) is 5.56 Å². The third-order valence-electron chi connectivity index (χ3n) is 3.81. The third kappa shape index (κ3) is 5.74. The van der Waals surface area contributed by atoms with Crippen LogP contribution in [0.3, 0.4) is 0 Å². The molecule has 4 N–H and O–H groups in total. The highest BCUT2D eigenvalue weighted by molar-refractivity contribution is 6.43. The average Bonchev–Trinajstić information content (AvgIpc) is 2.62. The molecule has 7 heteroatoms. The van der Waals surface area contributed by atoms with Gasteiger partial charge in [-0.05, 0) is 31.0 Å². The van der Waals surface area contributed by atoms with Crippen molar-refractivity contribution < 1.29 is 19.6 Å². The van der Waals surface area contributed by atoms with Gasteiger partial charge in [-0.1, -0.05) is 48.5 Å². The van der Waals surface area contributed by atoms with Crippen LogP contribution in [0.1, 0.15) is 12.5 Å². The van der Waals surface area contributed by atoms with Gasteiger partial charge in [0.1, 0.15) is 5.92 Å². The second-order valence-electron chi connectivity index (χ2n) is 5.80. The van der Waals surface area contributed by atoms with Crippen LogP contribution in [0.25, 0.3) is 0 Å². The Balaban J connectivity index is 1.96. The van der Waals surface area contributed by atoms with Gasteiger partial charge in [0.2, 0.25) is 11.8 Å². The highest BCUT2D eigenvalue weighted by Gasteiger charge is 2.29. The molecule has 0 aliphatic carbocycles. The summed E-state index contributed by atoms with van der Waals surface area (Å²) >= 11 is 0. The van der Waals surface area contributed by atoms with E-state index in [2.05, 4.69) is 10.6 Å². The number of rotatable bonds is 7. The lowest BCUT2D eigenvalue weighted by molar-refractivity contribution is -0.132. The van der Waals surface area contributed by atoms with E-state index in [4.69, 9.17) is 0 Å². The maximum atomic E-state index is 12.3. The molecule has 0 saturated carbocycles. The van der Waals surface area contributed by atoms with Crippen LogP contribution < -0.4 is 10.6 Å². The summed E-state index contributed by atoms with van der Waals surface area (Å²) in [6.45, 7) is 1.47. The number of para-hydroxylation sites is 1. The summed E-state index contributed by atoms with van der Waals surface area (Å²) in [5, 5.41) is 24.2. The summed E-state index contributed by atoms with van der Waals surface area (Å²) in [6.07, 6.45) is 0.247. The Kier molecular flexibility index (Phi) is 6.74. The molecule has 0 saturated heterocycles. The minimum Gasteiger partial charge on any atom is -0.426 e. The van der Waals surface area contributed by atoms with Crippen molar-refractivity contribution in [2.45, 2.75) is 19.3 Å². The number of hydrogen-bond donors (Lipinski definition) is 4. The zero-order valence-corrected chi connectivity index (χ0v) is 13.9. The maximum absolute atomic E-state index is 12.3. The number of nitrogens with one attached hydrogen (secondary N) is 2. The Hall–Kier alpha value is -2.64. The number of carbonyl (C=O) groups excluding carboxylic acids is 2. The van der Waals surface area contributed by atoms with Crippen LogP contribution >= 0.6 is 0 Å². The summed E-state index contributed by atoms with van der Waals surface area (Å²) in [5.74, 6) is -2.91. The molecule has 0 aliphatic heterocycles. The summed E-state index contributed by atoms with van der Waals surface area (Å²) in [5.41, 5.74) is 1.44. The highest BCUT2D eigenvalue weighted by Crippen LogP contribution is 2.09. The maximum Gasteiger partial charge on any atom is 0.475 e. The van der Waals surface area contributed by atoms with E-state index in [1.165, 1.54) is 6.92 Å². The average molecular weight is 340 g/mol. The molecule has 0 spiro atoms. The second kappa shape index (κ2) is 9.01. The lowest BCUT2D eigenvalue weighted by atomic mass is 9.75. The van der Waals surface area contributed by atoms with Gasteiger partial charge >= 0.3 is 7.12 Å². The zero-order valence-electron chi connectivity index (χ0n) is 13.9.